The molecule has 1 aromatic carbocycles. The maximum atomic E-state index is 11.9. The van der Waals surface area contributed by atoms with Gasteiger partial charge in [0.25, 0.3) is 10.1 Å². The number of aryl methyl sites for hydroxylation is 1. The Balaban J connectivity index is 2.41. The molecule has 1 atom stereocenters. The molecule has 5 nitrogen and oxygen atoms in total. The minimum absolute atomic E-state index is 0.0728. The average Bonchev–Trinajstić information content (AvgIpc) is 2.42. The zero-order chi connectivity index (χ0) is 15.0. The van der Waals surface area contributed by atoms with Crippen molar-refractivity contribution in [3.8, 4) is 0 Å². The van der Waals surface area contributed by atoms with E-state index >= 15 is 0 Å². The molecule has 1 rings (SSSR count). The van der Waals surface area contributed by atoms with Gasteiger partial charge in [-0.1, -0.05) is 31.0 Å². The predicted octanol–water partition coefficient (Wildman–Crippen LogP) is 1.88. The highest BCUT2D eigenvalue weighted by Crippen LogP contribution is 2.13. The molecule has 0 aliphatic rings. The van der Waals surface area contributed by atoms with Crippen LogP contribution in [0.3, 0.4) is 0 Å². The van der Waals surface area contributed by atoms with Gasteiger partial charge < -0.3 is 9.84 Å². The molecule has 1 unspecified atom stereocenters. The van der Waals surface area contributed by atoms with Crippen molar-refractivity contribution in [2.24, 2.45) is 0 Å². The van der Waals surface area contributed by atoms with Crippen LogP contribution < -0.4 is 0 Å². The smallest absolute Gasteiger partial charge is 0.297 e. The zero-order valence-corrected chi connectivity index (χ0v) is 12.7. The number of unbranched alkanes of at least 4 members (excludes halogenated alkanes) is 1. The lowest BCUT2D eigenvalue weighted by Crippen LogP contribution is -2.24. The van der Waals surface area contributed by atoms with Gasteiger partial charge in [-0.25, -0.2) is 0 Å². The maximum Gasteiger partial charge on any atom is 0.297 e. The Hall–Kier alpha value is -0.950. The summed E-state index contributed by atoms with van der Waals surface area (Å²) in [6, 6.07) is 6.35. The highest BCUT2D eigenvalue weighted by Gasteiger charge is 2.17. The van der Waals surface area contributed by atoms with E-state index in [-0.39, 0.29) is 18.1 Å². The highest BCUT2D eigenvalue weighted by atomic mass is 32.2. The summed E-state index contributed by atoms with van der Waals surface area (Å²) in [5.41, 5.74) is 0.966. The lowest BCUT2D eigenvalue weighted by Gasteiger charge is -2.12. The van der Waals surface area contributed by atoms with Crippen LogP contribution in [0.5, 0.6) is 0 Å². The Morgan fingerprint density at radius 2 is 1.85 bits per heavy atom. The molecule has 0 heterocycles. The molecule has 114 valence electrons. The van der Waals surface area contributed by atoms with Gasteiger partial charge in [-0.2, -0.15) is 8.42 Å². The number of rotatable bonds is 9. The van der Waals surface area contributed by atoms with Gasteiger partial charge in [0.2, 0.25) is 0 Å². The number of hydrogen-bond donors (Lipinski definition) is 1. The molecule has 0 amide bonds. The Bertz CT molecular complexity index is 481. The van der Waals surface area contributed by atoms with Crippen molar-refractivity contribution in [3.63, 3.8) is 0 Å². The van der Waals surface area contributed by atoms with E-state index in [1.165, 1.54) is 12.1 Å². The Kier molecular flexibility index (Phi) is 7.15. The molecule has 0 aliphatic carbocycles. The second-order valence-corrected chi connectivity index (χ2v) is 6.25. The molecule has 0 spiro atoms. The van der Waals surface area contributed by atoms with Crippen molar-refractivity contribution in [1.29, 1.82) is 0 Å². The normalized spacial score (nSPS) is 13.3. The number of aliphatic hydroxyl groups excluding tert-OH is 1. The molecular formula is C14H22O5S. The maximum absolute atomic E-state index is 11.9. The first-order chi connectivity index (χ1) is 9.45. The van der Waals surface area contributed by atoms with Gasteiger partial charge in [0, 0.05) is 6.61 Å². The quantitative estimate of drug-likeness (QED) is 0.557. The Morgan fingerprint density at radius 1 is 1.20 bits per heavy atom. The van der Waals surface area contributed by atoms with Crippen LogP contribution in [-0.2, 0) is 19.0 Å². The first-order valence-electron chi connectivity index (χ1n) is 6.67. The summed E-state index contributed by atoms with van der Waals surface area (Å²) in [6.07, 6.45) is 0.969. The summed E-state index contributed by atoms with van der Waals surface area (Å²) >= 11 is 0. The van der Waals surface area contributed by atoms with Crippen molar-refractivity contribution in [1.82, 2.24) is 0 Å². The van der Waals surface area contributed by atoms with Crippen LogP contribution in [0.15, 0.2) is 29.2 Å². The molecule has 1 aromatic rings. The second-order valence-electron chi connectivity index (χ2n) is 4.63. The Morgan fingerprint density at radius 3 is 2.45 bits per heavy atom. The monoisotopic (exact) mass is 302 g/mol. The summed E-state index contributed by atoms with van der Waals surface area (Å²) < 4.78 is 33.7. The van der Waals surface area contributed by atoms with E-state index in [2.05, 4.69) is 0 Å². The molecule has 0 saturated carbocycles. The molecule has 0 bridgehead atoms. The van der Waals surface area contributed by atoms with Crippen molar-refractivity contribution < 1.29 is 22.4 Å². The van der Waals surface area contributed by atoms with Crippen LogP contribution >= 0.6 is 0 Å². The number of aliphatic hydroxyl groups is 1. The van der Waals surface area contributed by atoms with Crippen molar-refractivity contribution in [2.45, 2.75) is 37.7 Å². The van der Waals surface area contributed by atoms with Crippen LogP contribution in [0.1, 0.15) is 25.3 Å². The predicted molar refractivity (Wildman–Crippen MR) is 76.1 cm³/mol. The highest BCUT2D eigenvalue weighted by molar-refractivity contribution is 7.86. The Labute approximate surface area is 120 Å². The SMILES string of the molecule is CCCCOCC(O)COS(=O)(=O)c1ccc(C)cc1. The van der Waals surface area contributed by atoms with Crippen LogP contribution in [0.2, 0.25) is 0 Å². The summed E-state index contributed by atoms with van der Waals surface area (Å²) in [5.74, 6) is 0. The van der Waals surface area contributed by atoms with Gasteiger partial charge in [-0.15, -0.1) is 0 Å². The average molecular weight is 302 g/mol. The molecule has 0 saturated heterocycles. The van der Waals surface area contributed by atoms with E-state index in [0.29, 0.717) is 6.61 Å². The molecule has 0 aromatic heterocycles. The van der Waals surface area contributed by atoms with E-state index in [9.17, 15) is 13.5 Å². The first-order valence-corrected chi connectivity index (χ1v) is 8.08. The number of hydrogen-bond acceptors (Lipinski definition) is 5. The van der Waals surface area contributed by atoms with Gasteiger partial charge in [0.1, 0.15) is 6.10 Å². The van der Waals surface area contributed by atoms with Gasteiger partial charge in [-0.3, -0.25) is 4.18 Å². The second kappa shape index (κ2) is 8.36. The molecule has 6 heteroatoms. The summed E-state index contributed by atoms with van der Waals surface area (Å²) in [5, 5.41) is 9.59. The third kappa shape index (κ3) is 6.00. The minimum atomic E-state index is -3.82. The van der Waals surface area contributed by atoms with E-state index in [1.807, 2.05) is 13.8 Å². The third-order valence-corrected chi connectivity index (χ3v) is 3.97. The van der Waals surface area contributed by atoms with Crippen molar-refractivity contribution in [2.75, 3.05) is 19.8 Å². The molecule has 0 fully saturated rings. The van der Waals surface area contributed by atoms with Gasteiger partial charge in [0.05, 0.1) is 18.1 Å². The van der Waals surface area contributed by atoms with Gasteiger partial charge in [0.15, 0.2) is 0 Å². The van der Waals surface area contributed by atoms with E-state index in [4.69, 9.17) is 8.92 Å². The lowest BCUT2D eigenvalue weighted by molar-refractivity contribution is 0.0126. The van der Waals surface area contributed by atoms with Crippen LogP contribution in [0.4, 0.5) is 0 Å². The molecule has 20 heavy (non-hydrogen) atoms. The summed E-state index contributed by atoms with van der Waals surface area (Å²) in [6.45, 7) is 4.23. The third-order valence-electron chi connectivity index (χ3n) is 2.68. The largest absolute Gasteiger partial charge is 0.388 e. The van der Waals surface area contributed by atoms with E-state index in [1.54, 1.807) is 12.1 Å². The number of benzene rings is 1. The van der Waals surface area contributed by atoms with Crippen LogP contribution in [0, 0.1) is 6.92 Å². The topological polar surface area (TPSA) is 72.8 Å². The van der Waals surface area contributed by atoms with E-state index in [0.717, 1.165) is 18.4 Å². The summed E-state index contributed by atoms with van der Waals surface area (Å²) in [4.78, 5) is 0.0854. The fraction of sp³-hybridized carbons (Fsp3) is 0.571. The molecular weight excluding hydrogens is 280 g/mol. The number of ether oxygens (including phenoxy) is 1. The minimum Gasteiger partial charge on any atom is -0.388 e. The van der Waals surface area contributed by atoms with Gasteiger partial charge >= 0.3 is 0 Å². The lowest BCUT2D eigenvalue weighted by atomic mass is 10.2. The van der Waals surface area contributed by atoms with Crippen LogP contribution in [0.25, 0.3) is 0 Å². The van der Waals surface area contributed by atoms with Crippen molar-refractivity contribution in [3.05, 3.63) is 29.8 Å². The molecule has 1 N–H and O–H groups in total. The van der Waals surface area contributed by atoms with Gasteiger partial charge in [-0.05, 0) is 25.5 Å². The fourth-order valence-corrected chi connectivity index (χ4v) is 2.40. The van der Waals surface area contributed by atoms with Crippen molar-refractivity contribution >= 4 is 10.1 Å². The molecule has 0 aliphatic heterocycles. The summed E-state index contributed by atoms with van der Waals surface area (Å²) in [7, 11) is -3.82. The van der Waals surface area contributed by atoms with E-state index < -0.39 is 16.2 Å². The molecule has 0 radical (unpaired) electrons. The first kappa shape index (κ1) is 17.1. The van der Waals surface area contributed by atoms with Crippen LogP contribution in [-0.4, -0.2) is 39.4 Å². The zero-order valence-electron chi connectivity index (χ0n) is 11.9. The standard InChI is InChI=1S/C14H22O5S/c1-3-4-9-18-10-13(15)11-19-20(16,17)14-7-5-12(2)6-8-14/h5-8,13,15H,3-4,9-11H2,1-2H3. The fourth-order valence-electron chi connectivity index (χ4n) is 1.45.